The van der Waals surface area contributed by atoms with E-state index >= 15 is 0 Å². The maximum atomic E-state index is 12.0. The van der Waals surface area contributed by atoms with Gasteiger partial charge in [-0.1, -0.05) is 18.2 Å². The zero-order chi connectivity index (χ0) is 13.8. The van der Waals surface area contributed by atoms with Crippen LogP contribution in [0.25, 0.3) is 10.9 Å². The topological polar surface area (TPSA) is 104 Å². The number of nitrogens with zero attached hydrogens (tertiary/aromatic N) is 1. The molecule has 19 heavy (non-hydrogen) atoms. The fraction of sp³-hybridized carbons (Fsp3) is 0.250. The molecular weight excluding hydrogens is 250 g/mol. The first-order valence-corrected chi connectivity index (χ1v) is 5.60. The molecule has 2 aromatic rings. The van der Waals surface area contributed by atoms with E-state index < -0.39 is 24.5 Å². The number of hydrogen-bond acceptors (Lipinski definition) is 5. The van der Waals surface area contributed by atoms with Gasteiger partial charge < -0.3 is 15.2 Å². The smallest absolute Gasteiger partial charge is 0.330 e. The highest BCUT2D eigenvalue weighted by molar-refractivity contribution is 6.05. The van der Waals surface area contributed by atoms with Gasteiger partial charge in [-0.25, -0.2) is 4.79 Å². The Kier molecular flexibility index (Phi) is 3.76. The molecule has 2 rings (SSSR count). The van der Waals surface area contributed by atoms with Gasteiger partial charge in [0.2, 0.25) is 0 Å². The molecule has 7 nitrogen and oxygen atoms in total. The van der Waals surface area contributed by atoms with E-state index in [1.807, 2.05) is 6.07 Å². The summed E-state index contributed by atoms with van der Waals surface area (Å²) >= 11 is 0. The Labute approximate surface area is 108 Å². The van der Waals surface area contributed by atoms with Gasteiger partial charge in [0.15, 0.2) is 11.7 Å². The van der Waals surface area contributed by atoms with E-state index in [1.54, 1.807) is 18.2 Å². The summed E-state index contributed by atoms with van der Waals surface area (Å²) in [4.78, 5) is 23.3. The fourth-order valence-electron chi connectivity index (χ4n) is 1.68. The van der Waals surface area contributed by atoms with Crippen LogP contribution in [0.15, 0.2) is 24.3 Å². The van der Waals surface area contributed by atoms with Gasteiger partial charge in [0.25, 0.3) is 5.91 Å². The summed E-state index contributed by atoms with van der Waals surface area (Å²) in [5.41, 5.74) is 0.879. The van der Waals surface area contributed by atoms with Crippen molar-refractivity contribution in [2.24, 2.45) is 0 Å². The minimum absolute atomic E-state index is 0.165. The molecule has 0 spiro atoms. The van der Waals surface area contributed by atoms with Crippen LogP contribution < -0.4 is 5.32 Å². The third kappa shape index (κ3) is 2.55. The quantitative estimate of drug-likeness (QED) is 0.664. The van der Waals surface area contributed by atoms with Gasteiger partial charge in [0.1, 0.15) is 0 Å². The number of benzene rings is 1. The zero-order valence-electron chi connectivity index (χ0n) is 10.2. The Morgan fingerprint density at radius 3 is 2.89 bits per heavy atom. The Balaban J connectivity index is 2.22. The van der Waals surface area contributed by atoms with Gasteiger partial charge in [0.05, 0.1) is 19.2 Å². The van der Waals surface area contributed by atoms with Crippen molar-refractivity contribution in [3.8, 4) is 0 Å². The van der Waals surface area contributed by atoms with Crippen molar-refractivity contribution in [3.05, 3.63) is 30.0 Å². The van der Waals surface area contributed by atoms with Crippen LogP contribution in [-0.2, 0) is 9.53 Å². The van der Waals surface area contributed by atoms with E-state index in [1.165, 1.54) is 7.11 Å². The number of aliphatic hydroxyl groups is 1. The van der Waals surface area contributed by atoms with Crippen LogP contribution in [0.5, 0.6) is 0 Å². The molecule has 0 aliphatic rings. The average molecular weight is 263 g/mol. The molecule has 1 amide bonds. The lowest BCUT2D eigenvalue weighted by atomic mass is 10.2. The lowest BCUT2D eigenvalue weighted by Crippen LogP contribution is -2.44. The van der Waals surface area contributed by atoms with Crippen molar-refractivity contribution < 1.29 is 19.4 Å². The summed E-state index contributed by atoms with van der Waals surface area (Å²) < 4.78 is 4.47. The van der Waals surface area contributed by atoms with Crippen molar-refractivity contribution >= 4 is 22.8 Å². The lowest BCUT2D eigenvalue weighted by Gasteiger charge is -2.12. The molecule has 1 aromatic heterocycles. The molecule has 0 aliphatic heterocycles. The summed E-state index contributed by atoms with van der Waals surface area (Å²) in [7, 11) is 1.18. The number of H-pyrrole nitrogens is 1. The SMILES string of the molecule is COC(=O)[C@@H](CO)NC(=O)c1n[nH]c2ccccc12. The second-order valence-electron chi connectivity index (χ2n) is 3.85. The molecule has 1 aromatic carbocycles. The maximum absolute atomic E-state index is 12.0. The molecule has 0 bridgehead atoms. The number of ether oxygens (including phenoxy) is 1. The first-order chi connectivity index (χ1) is 9.17. The van der Waals surface area contributed by atoms with Crippen molar-refractivity contribution in [2.75, 3.05) is 13.7 Å². The molecule has 0 fully saturated rings. The van der Waals surface area contributed by atoms with Gasteiger partial charge in [-0.2, -0.15) is 5.10 Å². The van der Waals surface area contributed by atoms with Crippen LogP contribution in [0.4, 0.5) is 0 Å². The third-order valence-corrected chi connectivity index (χ3v) is 2.66. The molecule has 0 radical (unpaired) electrons. The standard InChI is InChI=1S/C12H13N3O4/c1-19-12(18)9(6-16)13-11(17)10-7-4-2-3-5-8(7)14-15-10/h2-5,9,16H,6H2,1H3,(H,13,17)(H,14,15)/t9-/m1/s1. The summed E-state index contributed by atoms with van der Waals surface area (Å²) in [5.74, 6) is -1.27. The second-order valence-corrected chi connectivity index (χ2v) is 3.85. The molecule has 3 N–H and O–H groups in total. The van der Waals surface area contributed by atoms with Crippen molar-refractivity contribution in [1.29, 1.82) is 0 Å². The van der Waals surface area contributed by atoms with Crippen molar-refractivity contribution in [2.45, 2.75) is 6.04 Å². The van der Waals surface area contributed by atoms with Crippen LogP contribution in [0.1, 0.15) is 10.5 Å². The Morgan fingerprint density at radius 2 is 2.21 bits per heavy atom. The number of aliphatic hydroxyl groups excluding tert-OH is 1. The van der Waals surface area contributed by atoms with E-state index in [0.29, 0.717) is 10.9 Å². The number of fused-ring (bicyclic) bond motifs is 1. The van der Waals surface area contributed by atoms with Crippen LogP contribution in [0.2, 0.25) is 0 Å². The third-order valence-electron chi connectivity index (χ3n) is 2.66. The van der Waals surface area contributed by atoms with Gasteiger partial charge in [0, 0.05) is 5.39 Å². The largest absolute Gasteiger partial charge is 0.467 e. The van der Waals surface area contributed by atoms with Gasteiger partial charge in [-0.15, -0.1) is 0 Å². The van der Waals surface area contributed by atoms with E-state index in [-0.39, 0.29) is 5.69 Å². The maximum Gasteiger partial charge on any atom is 0.330 e. The molecule has 0 aliphatic carbocycles. The first-order valence-electron chi connectivity index (χ1n) is 5.60. The molecule has 0 saturated heterocycles. The predicted octanol–water partition coefficient (Wildman–Crippen LogP) is -0.173. The number of carbonyl (C=O) groups excluding carboxylic acids is 2. The minimum Gasteiger partial charge on any atom is -0.467 e. The van der Waals surface area contributed by atoms with Gasteiger partial charge >= 0.3 is 5.97 Å². The molecule has 1 heterocycles. The van der Waals surface area contributed by atoms with Crippen LogP contribution in [0, 0.1) is 0 Å². The normalized spacial score (nSPS) is 12.1. The monoisotopic (exact) mass is 263 g/mol. The van der Waals surface area contributed by atoms with E-state index in [4.69, 9.17) is 5.11 Å². The Hall–Kier alpha value is -2.41. The number of amides is 1. The number of para-hydroxylation sites is 1. The highest BCUT2D eigenvalue weighted by Crippen LogP contribution is 2.14. The van der Waals surface area contributed by atoms with Crippen molar-refractivity contribution in [1.82, 2.24) is 15.5 Å². The Bertz CT molecular complexity index is 608. The first kappa shape index (κ1) is 13.0. The number of aromatic amines is 1. The van der Waals surface area contributed by atoms with Crippen molar-refractivity contribution in [3.63, 3.8) is 0 Å². The number of rotatable bonds is 4. The molecule has 1 atom stereocenters. The van der Waals surface area contributed by atoms with E-state index in [0.717, 1.165) is 0 Å². The zero-order valence-corrected chi connectivity index (χ0v) is 10.2. The number of hydrogen-bond donors (Lipinski definition) is 3. The number of methoxy groups -OCH3 is 1. The minimum atomic E-state index is -1.10. The fourth-order valence-corrected chi connectivity index (χ4v) is 1.68. The van der Waals surface area contributed by atoms with Gasteiger partial charge in [-0.05, 0) is 6.07 Å². The molecule has 0 saturated carbocycles. The molecule has 0 unspecified atom stereocenters. The van der Waals surface area contributed by atoms with Crippen LogP contribution in [0.3, 0.4) is 0 Å². The molecule has 100 valence electrons. The number of nitrogens with one attached hydrogen (secondary N) is 2. The van der Waals surface area contributed by atoms with Crippen LogP contribution in [-0.4, -0.2) is 46.9 Å². The summed E-state index contributed by atoms with van der Waals surface area (Å²) in [6.45, 7) is -0.541. The van der Waals surface area contributed by atoms with Gasteiger partial charge in [-0.3, -0.25) is 9.89 Å². The second kappa shape index (κ2) is 5.49. The van der Waals surface area contributed by atoms with Crippen LogP contribution >= 0.6 is 0 Å². The number of carbonyl (C=O) groups is 2. The molecule has 7 heteroatoms. The number of aromatic nitrogens is 2. The predicted molar refractivity (Wildman–Crippen MR) is 66.4 cm³/mol. The number of esters is 1. The summed E-state index contributed by atoms with van der Waals surface area (Å²) in [6.07, 6.45) is 0. The highest BCUT2D eigenvalue weighted by atomic mass is 16.5. The average Bonchev–Trinajstić information content (AvgIpc) is 2.87. The molecular formula is C12H13N3O4. The highest BCUT2D eigenvalue weighted by Gasteiger charge is 2.23. The van der Waals surface area contributed by atoms with E-state index in [9.17, 15) is 9.59 Å². The summed E-state index contributed by atoms with van der Waals surface area (Å²) in [5, 5.41) is 18.7. The van der Waals surface area contributed by atoms with E-state index in [2.05, 4.69) is 20.3 Å². The summed E-state index contributed by atoms with van der Waals surface area (Å²) in [6, 6.07) is 6.00. The lowest BCUT2D eigenvalue weighted by molar-refractivity contribution is -0.143. The Morgan fingerprint density at radius 1 is 1.47 bits per heavy atom.